The van der Waals surface area contributed by atoms with Crippen LogP contribution in [0.4, 0.5) is 5.69 Å². The molecule has 2 rings (SSSR count). The fourth-order valence-corrected chi connectivity index (χ4v) is 2.49. The summed E-state index contributed by atoms with van der Waals surface area (Å²) in [7, 11) is 0. The Morgan fingerprint density at radius 3 is 3.00 bits per heavy atom. The van der Waals surface area contributed by atoms with Gasteiger partial charge in [-0.25, -0.2) is 9.97 Å². The van der Waals surface area contributed by atoms with Crippen LogP contribution < -0.4 is 11.1 Å². The van der Waals surface area contributed by atoms with E-state index in [0.29, 0.717) is 22.9 Å². The summed E-state index contributed by atoms with van der Waals surface area (Å²) in [6.07, 6.45) is 1.65. The summed E-state index contributed by atoms with van der Waals surface area (Å²) < 4.78 is 0. The van der Waals surface area contributed by atoms with E-state index in [0.717, 1.165) is 15.8 Å². The molecule has 0 radical (unpaired) electrons. The number of thiophene rings is 1. The molecular weight excluding hydrogens is 248 g/mol. The average molecular weight is 262 g/mol. The van der Waals surface area contributed by atoms with Crippen molar-refractivity contribution in [3.8, 4) is 0 Å². The first-order valence-corrected chi connectivity index (χ1v) is 6.25. The lowest BCUT2D eigenvalue weighted by Gasteiger charge is -2.02. The van der Waals surface area contributed by atoms with Gasteiger partial charge < -0.3 is 11.1 Å². The second-order valence-corrected chi connectivity index (χ2v) is 5.12. The third-order valence-corrected chi connectivity index (χ3v) is 3.48. The van der Waals surface area contributed by atoms with E-state index in [1.807, 2.05) is 6.92 Å². The predicted molar refractivity (Wildman–Crippen MR) is 73.7 cm³/mol. The number of hydrogen-bond acceptors (Lipinski definition) is 5. The topological polar surface area (TPSA) is 80.9 Å². The largest absolute Gasteiger partial charge is 0.397 e. The van der Waals surface area contributed by atoms with Crippen LogP contribution >= 0.6 is 11.3 Å². The van der Waals surface area contributed by atoms with Gasteiger partial charge in [-0.15, -0.1) is 11.3 Å². The Bertz CT molecular complexity index is 632. The quantitative estimate of drug-likeness (QED) is 0.828. The highest BCUT2D eigenvalue weighted by atomic mass is 32.1. The van der Waals surface area contributed by atoms with Crippen molar-refractivity contribution in [1.29, 1.82) is 0 Å². The van der Waals surface area contributed by atoms with Gasteiger partial charge >= 0.3 is 0 Å². The molecule has 0 saturated heterocycles. The molecule has 5 nitrogen and oxygen atoms in total. The number of nitrogens with one attached hydrogen (secondary N) is 1. The number of carbonyl (C=O) groups excluding carboxylic acids is 1. The third kappa shape index (κ3) is 2.33. The Kier molecular flexibility index (Phi) is 3.29. The van der Waals surface area contributed by atoms with E-state index >= 15 is 0 Å². The molecule has 0 bridgehead atoms. The van der Waals surface area contributed by atoms with Crippen molar-refractivity contribution in [2.75, 3.05) is 12.3 Å². The Morgan fingerprint density at radius 2 is 2.33 bits per heavy atom. The van der Waals surface area contributed by atoms with Crippen LogP contribution in [0.25, 0.3) is 10.2 Å². The molecule has 0 aromatic carbocycles. The molecule has 0 fully saturated rings. The predicted octanol–water partition coefficient (Wildman–Crippen LogP) is 1.89. The van der Waals surface area contributed by atoms with Crippen molar-refractivity contribution in [3.05, 3.63) is 29.1 Å². The zero-order chi connectivity index (χ0) is 13.3. The molecule has 0 unspecified atom stereocenters. The average Bonchev–Trinajstić information content (AvgIpc) is 2.63. The SMILES string of the molecule is C=C(C)CNC(=O)c1sc2nc(C)ncc2c1N. The Morgan fingerprint density at radius 1 is 1.61 bits per heavy atom. The van der Waals surface area contributed by atoms with Crippen molar-refractivity contribution in [3.63, 3.8) is 0 Å². The molecular formula is C12H14N4OS. The number of nitrogens with zero attached hydrogens (tertiary/aromatic N) is 2. The number of anilines is 1. The number of aromatic nitrogens is 2. The van der Waals surface area contributed by atoms with Crippen LogP contribution in [0.15, 0.2) is 18.3 Å². The van der Waals surface area contributed by atoms with Crippen molar-refractivity contribution >= 4 is 33.1 Å². The highest BCUT2D eigenvalue weighted by Crippen LogP contribution is 2.31. The van der Waals surface area contributed by atoms with Crippen molar-refractivity contribution < 1.29 is 4.79 Å². The van der Waals surface area contributed by atoms with Crippen molar-refractivity contribution in [2.24, 2.45) is 0 Å². The number of aryl methyl sites for hydroxylation is 1. The minimum atomic E-state index is -0.198. The Hall–Kier alpha value is -1.95. The van der Waals surface area contributed by atoms with Gasteiger partial charge in [0.05, 0.1) is 11.1 Å². The molecule has 1 amide bonds. The van der Waals surface area contributed by atoms with E-state index in [4.69, 9.17) is 5.73 Å². The molecule has 0 atom stereocenters. The fraction of sp³-hybridized carbons (Fsp3) is 0.250. The van der Waals surface area contributed by atoms with Crippen LogP contribution in [0.3, 0.4) is 0 Å². The van der Waals surface area contributed by atoms with Gasteiger partial charge in [0.1, 0.15) is 15.5 Å². The van der Waals surface area contributed by atoms with Gasteiger partial charge in [0.2, 0.25) is 0 Å². The highest BCUT2D eigenvalue weighted by molar-refractivity contribution is 7.21. The number of amides is 1. The van der Waals surface area contributed by atoms with Crippen LogP contribution in [0.1, 0.15) is 22.4 Å². The summed E-state index contributed by atoms with van der Waals surface area (Å²) in [6.45, 7) is 7.83. The van der Waals surface area contributed by atoms with E-state index in [2.05, 4.69) is 21.9 Å². The zero-order valence-corrected chi connectivity index (χ0v) is 11.1. The molecule has 3 N–H and O–H groups in total. The van der Waals surface area contributed by atoms with Gasteiger partial charge in [0.25, 0.3) is 5.91 Å². The van der Waals surface area contributed by atoms with Crippen LogP contribution in [0.5, 0.6) is 0 Å². The molecule has 0 aliphatic carbocycles. The summed E-state index contributed by atoms with van der Waals surface area (Å²) in [4.78, 5) is 21.5. The fourth-order valence-electron chi connectivity index (χ4n) is 1.47. The molecule has 2 aromatic rings. The van der Waals surface area contributed by atoms with Crippen LogP contribution in [-0.2, 0) is 0 Å². The zero-order valence-electron chi connectivity index (χ0n) is 10.3. The smallest absolute Gasteiger partial charge is 0.263 e. The first kappa shape index (κ1) is 12.5. The summed E-state index contributed by atoms with van der Waals surface area (Å²) >= 11 is 1.28. The maximum Gasteiger partial charge on any atom is 0.263 e. The van der Waals surface area contributed by atoms with Crippen LogP contribution in [0, 0.1) is 6.92 Å². The Balaban J connectivity index is 2.36. The van der Waals surface area contributed by atoms with E-state index in [-0.39, 0.29) is 5.91 Å². The van der Waals surface area contributed by atoms with Gasteiger partial charge in [-0.05, 0) is 13.8 Å². The van der Waals surface area contributed by atoms with E-state index < -0.39 is 0 Å². The molecule has 2 aromatic heterocycles. The molecule has 0 spiro atoms. The minimum Gasteiger partial charge on any atom is -0.397 e. The Labute approximate surface area is 109 Å². The van der Waals surface area contributed by atoms with Gasteiger partial charge in [0, 0.05) is 12.7 Å². The van der Waals surface area contributed by atoms with Gasteiger partial charge in [-0.2, -0.15) is 0 Å². The number of fused-ring (bicyclic) bond motifs is 1. The van der Waals surface area contributed by atoms with Crippen molar-refractivity contribution in [2.45, 2.75) is 13.8 Å². The highest BCUT2D eigenvalue weighted by Gasteiger charge is 2.17. The normalized spacial score (nSPS) is 10.6. The molecule has 0 saturated carbocycles. The summed E-state index contributed by atoms with van der Waals surface area (Å²) in [6, 6.07) is 0. The summed E-state index contributed by atoms with van der Waals surface area (Å²) in [5.41, 5.74) is 7.27. The number of rotatable bonds is 3. The molecule has 6 heteroatoms. The monoisotopic (exact) mass is 262 g/mol. The van der Waals surface area contributed by atoms with Gasteiger partial charge in [-0.1, -0.05) is 12.2 Å². The van der Waals surface area contributed by atoms with Gasteiger partial charge in [-0.3, -0.25) is 4.79 Å². The number of nitrogens with two attached hydrogens (primary N) is 1. The van der Waals surface area contributed by atoms with E-state index in [1.165, 1.54) is 11.3 Å². The summed E-state index contributed by atoms with van der Waals surface area (Å²) in [5, 5.41) is 3.49. The van der Waals surface area contributed by atoms with E-state index in [1.54, 1.807) is 13.1 Å². The first-order chi connectivity index (χ1) is 8.49. The molecule has 0 aliphatic heterocycles. The number of carbonyl (C=O) groups is 1. The van der Waals surface area contributed by atoms with Crippen molar-refractivity contribution in [1.82, 2.24) is 15.3 Å². The number of nitrogen functional groups attached to an aromatic ring is 1. The minimum absolute atomic E-state index is 0.198. The van der Waals surface area contributed by atoms with Crippen LogP contribution in [-0.4, -0.2) is 22.4 Å². The second-order valence-electron chi connectivity index (χ2n) is 4.12. The van der Waals surface area contributed by atoms with E-state index in [9.17, 15) is 4.79 Å². The lowest BCUT2D eigenvalue weighted by atomic mass is 10.3. The first-order valence-electron chi connectivity index (χ1n) is 5.43. The molecule has 2 heterocycles. The molecule has 94 valence electrons. The van der Waals surface area contributed by atoms with Gasteiger partial charge in [0.15, 0.2) is 0 Å². The van der Waals surface area contributed by atoms with Crippen LogP contribution in [0.2, 0.25) is 0 Å². The molecule has 18 heavy (non-hydrogen) atoms. The second kappa shape index (κ2) is 4.73. The summed E-state index contributed by atoms with van der Waals surface area (Å²) in [5.74, 6) is 0.466. The maximum absolute atomic E-state index is 12.0. The number of hydrogen-bond donors (Lipinski definition) is 2. The molecule has 0 aliphatic rings. The maximum atomic E-state index is 12.0. The lowest BCUT2D eigenvalue weighted by molar-refractivity contribution is 0.0962. The lowest BCUT2D eigenvalue weighted by Crippen LogP contribution is -2.24. The third-order valence-electron chi connectivity index (χ3n) is 2.36. The standard InChI is InChI=1S/C12H14N4OS/c1-6(2)4-15-11(17)10-9(13)8-5-14-7(3)16-12(8)18-10/h5H,1,4,13H2,2-3H3,(H,15,17).